The minimum atomic E-state index is -0.724. The molecule has 2 amide bonds. The maximum absolute atomic E-state index is 13.5. The third-order valence-corrected chi connectivity index (χ3v) is 7.68. The number of nitrogens with zero attached hydrogens (tertiary/aromatic N) is 2. The first kappa shape index (κ1) is 21.5. The van der Waals surface area contributed by atoms with Gasteiger partial charge in [0.05, 0.1) is 13.2 Å². The van der Waals surface area contributed by atoms with Crippen LogP contribution in [-0.2, 0) is 9.59 Å². The van der Waals surface area contributed by atoms with Gasteiger partial charge in [0.25, 0.3) is 5.91 Å². The predicted molar refractivity (Wildman–Crippen MR) is 120 cm³/mol. The molecule has 0 spiro atoms. The van der Waals surface area contributed by atoms with Gasteiger partial charge in [0, 0.05) is 29.8 Å². The number of carbonyl (C=O) groups excluding carboxylic acids is 3. The number of rotatable bonds is 6. The number of ether oxygens (including phenoxy) is 1. The van der Waals surface area contributed by atoms with E-state index in [0.717, 1.165) is 36.6 Å². The summed E-state index contributed by atoms with van der Waals surface area (Å²) in [5, 5.41) is 13.3. The highest BCUT2D eigenvalue weighted by atomic mass is 16.5. The number of carbonyl (C=O) groups is 3. The average molecular weight is 449 g/mol. The molecule has 3 fully saturated rings. The van der Waals surface area contributed by atoms with Crippen molar-refractivity contribution >= 4 is 28.5 Å². The van der Waals surface area contributed by atoms with E-state index in [2.05, 4.69) is 16.4 Å². The molecule has 172 valence electrons. The van der Waals surface area contributed by atoms with E-state index < -0.39 is 12.1 Å². The summed E-state index contributed by atoms with van der Waals surface area (Å²) in [5.41, 5.74) is 1.22. The number of amides is 2. The molecule has 0 bridgehead atoms. The van der Waals surface area contributed by atoms with Gasteiger partial charge in [-0.2, -0.15) is 5.26 Å². The Balaban J connectivity index is 1.35. The van der Waals surface area contributed by atoms with Crippen LogP contribution in [0.4, 0.5) is 0 Å². The van der Waals surface area contributed by atoms with Crippen LogP contribution in [0.2, 0.25) is 0 Å². The number of ketones is 1. The van der Waals surface area contributed by atoms with E-state index >= 15 is 0 Å². The van der Waals surface area contributed by atoms with Crippen LogP contribution in [0.1, 0.15) is 49.0 Å². The number of hydrogen-bond donors (Lipinski definition) is 2. The van der Waals surface area contributed by atoms with Crippen molar-refractivity contribution in [3.8, 4) is 11.8 Å². The summed E-state index contributed by atoms with van der Waals surface area (Å²) < 4.78 is 5.40. The minimum Gasteiger partial charge on any atom is -0.496 e. The molecule has 2 N–H and O–H groups in total. The highest BCUT2D eigenvalue weighted by Gasteiger charge is 2.52. The summed E-state index contributed by atoms with van der Waals surface area (Å²) in [6, 6.07) is 8.18. The Morgan fingerprint density at radius 1 is 1.33 bits per heavy atom. The highest BCUT2D eigenvalue weighted by molar-refractivity contribution is 6.02. The molecule has 5 atom stereocenters. The van der Waals surface area contributed by atoms with E-state index in [0.29, 0.717) is 36.7 Å². The number of H-pyrrole nitrogens is 1. The van der Waals surface area contributed by atoms with Crippen LogP contribution in [0, 0.1) is 29.1 Å². The van der Waals surface area contributed by atoms with Gasteiger partial charge >= 0.3 is 0 Å². The van der Waals surface area contributed by atoms with Gasteiger partial charge in [0.1, 0.15) is 29.3 Å². The average Bonchev–Trinajstić information content (AvgIpc) is 3.48. The lowest BCUT2D eigenvalue weighted by Crippen LogP contribution is -2.51. The molecule has 1 aromatic heterocycles. The lowest BCUT2D eigenvalue weighted by molar-refractivity contribution is -0.127. The fourth-order valence-corrected chi connectivity index (χ4v) is 5.78. The van der Waals surface area contributed by atoms with E-state index in [1.165, 1.54) is 0 Å². The number of aromatic nitrogens is 1. The fourth-order valence-electron chi connectivity index (χ4n) is 5.78. The summed E-state index contributed by atoms with van der Waals surface area (Å²) in [5.74, 6) is 0.603. The molecular formula is C25H28N4O4. The Bertz CT molecular complexity index is 1150. The fraction of sp³-hybridized carbons (Fsp3) is 0.520. The number of fused-ring (bicyclic) bond motifs is 2. The molecule has 8 nitrogen and oxygen atoms in total. The summed E-state index contributed by atoms with van der Waals surface area (Å²) in [6.45, 7) is 0.534. The van der Waals surface area contributed by atoms with Gasteiger partial charge in [-0.3, -0.25) is 14.4 Å². The summed E-state index contributed by atoms with van der Waals surface area (Å²) >= 11 is 0. The van der Waals surface area contributed by atoms with Crippen molar-refractivity contribution in [3.63, 3.8) is 0 Å². The van der Waals surface area contributed by atoms with Crippen molar-refractivity contribution in [2.75, 3.05) is 13.7 Å². The van der Waals surface area contributed by atoms with Crippen molar-refractivity contribution in [2.24, 2.45) is 17.8 Å². The van der Waals surface area contributed by atoms with Crippen molar-refractivity contribution in [1.29, 1.82) is 5.26 Å². The van der Waals surface area contributed by atoms with Gasteiger partial charge in [0.15, 0.2) is 0 Å². The molecule has 1 aromatic carbocycles. The highest BCUT2D eigenvalue weighted by Crippen LogP contribution is 2.45. The summed E-state index contributed by atoms with van der Waals surface area (Å²) in [6.07, 6.45) is 4.41. The normalized spacial score (nSPS) is 27.0. The third-order valence-electron chi connectivity index (χ3n) is 7.68. The number of nitrogens with one attached hydrogen (secondary N) is 2. The Labute approximate surface area is 192 Å². The SMILES string of the molecule is COc1cccc2[nH]c(C(=O)N3C[C@@H]4CC[C@@H]4[C@H]3C(=O)N[C@H](C#N)C[C@@H]3CCCC3=O)cc12. The van der Waals surface area contributed by atoms with Gasteiger partial charge in [-0.1, -0.05) is 6.07 Å². The quantitative estimate of drug-likeness (QED) is 0.705. The second-order valence-corrected chi connectivity index (χ2v) is 9.49. The predicted octanol–water partition coefficient (Wildman–Crippen LogP) is 2.79. The first-order chi connectivity index (χ1) is 16.0. The maximum Gasteiger partial charge on any atom is 0.271 e. The van der Waals surface area contributed by atoms with Crippen LogP contribution >= 0.6 is 0 Å². The van der Waals surface area contributed by atoms with Crippen molar-refractivity contribution < 1.29 is 19.1 Å². The summed E-state index contributed by atoms with van der Waals surface area (Å²) in [7, 11) is 1.59. The number of Topliss-reactive ketones (excluding diaryl/α,β-unsaturated/α-hetero) is 1. The Morgan fingerprint density at radius 2 is 2.18 bits per heavy atom. The molecule has 3 aliphatic rings. The molecule has 0 unspecified atom stereocenters. The second kappa shape index (κ2) is 8.54. The third kappa shape index (κ3) is 3.75. The van der Waals surface area contributed by atoms with Gasteiger partial charge in [-0.25, -0.2) is 0 Å². The molecule has 2 aromatic rings. The largest absolute Gasteiger partial charge is 0.496 e. The molecule has 8 heteroatoms. The molecular weight excluding hydrogens is 420 g/mol. The zero-order chi connectivity index (χ0) is 23.1. The number of likely N-dealkylation sites (tertiary alicyclic amines) is 1. The molecule has 33 heavy (non-hydrogen) atoms. The number of nitriles is 1. The Hall–Kier alpha value is -3.34. The summed E-state index contributed by atoms with van der Waals surface area (Å²) in [4.78, 5) is 43.6. The molecule has 5 rings (SSSR count). The van der Waals surface area contributed by atoms with Crippen LogP contribution < -0.4 is 10.1 Å². The number of aromatic amines is 1. The zero-order valence-electron chi connectivity index (χ0n) is 18.7. The molecule has 0 radical (unpaired) electrons. The molecule has 2 aliphatic carbocycles. The standard InChI is InChI=1S/C25H28N4O4/c1-33-22-7-3-5-19-18(22)11-20(28-19)25(32)29-13-15-8-9-17(15)23(29)24(31)27-16(12-26)10-14-4-2-6-21(14)30/h3,5,7,11,14-17,23,28H,2,4,6,8-10,13H2,1H3,(H,27,31)/t14-,15-,16-,17-,23-/m0/s1. The number of benzene rings is 1. The van der Waals surface area contributed by atoms with Gasteiger partial charge in [-0.05, 0) is 62.1 Å². The lowest BCUT2D eigenvalue weighted by atomic mass is 9.73. The van der Waals surface area contributed by atoms with E-state index in [-0.39, 0.29) is 29.4 Å². The van der Waals surface area contributed by atoms with E-state index in [1.807, 2.05) is 18.2 Å². The Kier molecular flexibility index (Phi) is 5.57. The molecule has 1 aliphatic heterocycles. The van der Waals surface area contributed by atoms with Gasteiger partial charge in [0.2, 0.25) is 5.91 Å². The van der Waals surface area contributed by atoms with E-state index in [1.54, 1.807) is 18.1 Å². The Morgan fingerprint density at radius 3 is 2.85 bits per heavy atom. The monoisotopic (exact) mass is 448 g/mol. The van der Waals surface area contributed by atoms with Crippen LogP contribution in [0.5, 0.6) is 5.75 Å². The first-order valence-corrected chi connectivity index (χ1v) is 11.7. The number of hydrogen-bond acceptors (Lipinski definition) is 5. The topological polar surface area (TPSA) is 115 Å². The molecule has 2 saturated carbocycles. The van der Waals surface area contributed by atoms with Crippen molar-refractivity contribution in [3.05, 3.63) is 30.0 Å². The van der Waals surface area contributed by atoms with Crippen molar-refractivity contribution in [1.82, 2.24) is 15.2 Å². The lowest BCUT2D eigenvalue weighted by Gasteiger charge is -2.33. The van der Waals surface area contributed by atoms with Crippen LogP contribution in [0.15, 0.2) is 24.3 Å². The minimum absolute atomic E-state index is 0.111. The molecule has 2 heterocycles. The zero-order valence-corrected chi connectivity index (χ0v) is 18.7. The van der Waals surface area contributed by atoms with Crippen LogP contribution in [-0.4, -0.2) is 53.2 Å². The van der Waals surface area contributed by atoms with Gasteiger partial charge < -0.3 is 19.9 Å². The van der Waals surface area contributed by atoms with Gasteiger partial charge in [-0.15, -0.1) is 0 Å². The first-order valence-electron chi connectivity index (χ1n) is 11.7. The van der Waals surface area contributed by atoms with E-state index in [9.17, 15) is 19.6 Å². The second-order valence-electron chi connectivity index (χ2n) is 9.49. The smallest absolute Gasteiger partial charge is 0.271 e. The number of methoxy groups -OCH3 is 1. The maximum atomic E-state index is 13.5. The van der Waals surface area contributed by atoms with Crippen LogP contribution in [0.25, 0.3) is 10.9 Å². The van der Waals surface area contributed by atoms with Crippen LogP contribution in [0.3, 0.4) is 0 Å². The van der Waals surface area contributed by atoms with Crippen molar-refractivity contribution in [2.45, 2.75) is 50.6 Å². The van der Waals surface area contributed by atoms with E-state index in [4.69, 9.17) is 4.74 Å². The molecule has 1 saturated heterocycles.